The molecule has 2 amide bonds. The molecule has 0 radical (unpaired) electrons. The number of carbonyl (C=O) groups excluding carboxylic acids is 1. The van der Waals surface area contributed by atoms with Crippen LogP contribution in [0.5, 0.6) is 0 Å². The van der Waals surface area contributed by atoms with E-state index < -0.39 is 5.82 Å². The van der Waals surface area contributed by atoms with E-state index in [1.165, 1.54) is 42.1 Å². The third kappa shape index (κ3) is 3.96. The fourth-order valence-electron chi connectivity index (χ4n) is 3.66. The Bertz CT molecular complexity index is 1270. The van der Waals surface area contributed by atoms with E-state index in [1.54, 1.807) is 29.2 Å². The Morgan fingerprint density at radius 2 is 1.75 bits per heavy atom. The molecule has 1 fully saturated rings. The van der Waals surface area contributed by atoms with Crippen molar-refractivity contribution in [2.75, 3.05) is 36.4 Å². The number of anilines is 2. The summed E-state index contributed by atoms with van der Waals surface area (Å²) in [6.07, 6.45) is 1.50. The van der Waals surface area contributed by atoms with Gasteiger partial charge in [-0.15, -0.1) is 0 Å². The standard InChI is InChI=1S/C22H18F2N6OS/c23-15-6-4-14(5-7-15)18-19-20(32-28-18)21(26-13-25-19)29-8-10-30(11-9-29)22(31)27-17-3-1-2-16(24)12-17/h1-7,12-13H,8-11H2,(H,27,31). The van der Waals surface area contributed by atoms with Crippen LogP contribution < -0.4 is 10.2 Å². The fraction of sp³-hybridized carbons (Fsp3) is 0.182. The largest absolute Gasteiger partial charge is 0.352 e. The second kappa shape index (κ2) is 8.46. The lowest BCUT2D eigenvalue weighted by Crippen LogP contribution is -2.50. The van der Waals surface area contributed by atoms with E-state index in [4.69, 9.17) is 0 Å². The minimum Gasteiger partial charge on any atom is -0.352 e. The maximum absolute atomic E-state index is 13.3. The molecular formula is C22H18F2N6OS. The zero-order chi connectivity index (χ0) is 22.1. The molecule has 32 heavy (non-hydrogen) atoms. The molecule has 1 N–H and O–H groups in total. The number of piperazine rings is 1. The number of nitrogens with one attached hydrogen (secondary N) is 1. The van der Waals surface area contributed by atoms with Crippen molar-refractivity contribution in [1.82, 2.24) is 19.2 Å². The fourth-order valence-corrected chi connectivity index (χ4v) is 4.54. The Balaban J connectivity index is 1.31. The van der Waals surface area contributed by atoms with Gasteiger partial charge in [-0.3, -0.25) is 0 Å². The zero-order valence-corrected chi connectivity index (χ0v) is 17.6. The van der Waals surface area contributed by atoms with Gasteiger partial charge < -0.3 is 15.1 Å². The lowest BCUT2D eigenvalue weighted by atomic mass is 10.1. The SMILES string of the molecule is O=C(Nc1cccc(F)c1)N1CCN(c2ncnc3c(-c4ccc(F)cc4)nsc23)CC1. The van der Waals surface area contributed by atoms with Crippen LogP contribution in [-0.2, 0) is 0 Å². The van der Waals surface area contributed by atoms with Crippen molar-refractivity contribution in [2.24, 2.45) is 0 Å². The van der Waals surface area contributed by atoms with Crippen LogP contribution in [0.3, 0.4) is 0 Å². The van der Waals surface area contributed by atoms with Crippen molar-refractivity contribution < 1.29 is 13.6 Å². The highest BCUT2D eigenvalue weighted by Crippen LogP contribution is 2.34. The molecule has 0 atom stereocenters. The minimum absolute atomic E-state index is 0.264. The summed E-state index contributed by atoms with van der Waals surface area (Å²) in [5.41, 5.74) is 2.63. The Morgan fingerprint density at radius 1 is 0.969 bits per heavy atom. The quantitative estimate of drug-likeness (QED) is 0.499. The molecule has 0 bridgehead atoms. The summed E-state index contributed by atoms with van der Waals surface area (Å²) in [5.74, 6) is 0.0684. The predicted molar refractivity (Wildman–Crippen MR) is 120 cm³/mol. The lowest BCUT2D eigenvalue weighted by Gasteiger charge is -2.35. The van der Waals surface area contributed by atoms with Gasteiger partial charge in [-0.05, 0) is 54.0 Å². The number of rotatable bonds is 3. The van der Waals surface area contributed by atoms with E-state index >= 15 is 0 Å². The molecule has 2 aromatic heterocycles. The maximum Gasteiger partial charge on any atom is 0.321 e. The van der Waals surface area contributed by atoms with Gasteiger partial charge in [-0.1, -0.05) is 6.07 Å². The number of fused-ring (bicyclic) bond motifs is 1. The molecule has 0 aliphatic carbocycles. The molecule has 7 nitrogen and oxygen atoms in total. The molecule has 162 valence electrons. The number of aromatic nitrogens is 3. The van der Waals surface area contributed by atoms with Crippen LogP contribution in [0, 0.1) is 11.6 Å². The number of amides is 2. The first kappa shape index (κ1) is 20.3. The van der Waals surface area contributed by atoms with Gasteiger partial charge in [0.2, 0.25) is 0 Å². The number of hydrogen-bond donors (Lipinski definition) is 1. The first-order valence-electron chi connectivity index (χ1n) is 10.0. The lowest BCUT2D eigenvalue weighted by molar-refractivity contribution is 0.208. The maximum atomic E-state index is 13.3. The number of urea groups is 1. The average molecular weight is 452 g/mol. The highest BCUT2D eigenvalue weighted by atomic mass is 32.1. The van der Waals surface area contributed by atoms with Crippen LogP contribution in [0.15, 0.2) is 54.9 Å². The van der Waals surface area contributed by atoms with Gasteiger partial charge in [-0.2, -0.15) is 4.37 Å². The molecule has 4 aromatic rings. The molecule has 2 aromatic carbocycles. The predicted octanol–water partition coefficient (Wildman–Crippen LogP) is 4.39. The Kier molecular flexibility index (Phi) is 5.36. The first-order chi connectivity index (χ1) is 15.6. The summed E-state index contributed by atoms with van der Waals surface area (Å²) in [5, 5.41) is 2.73. The van der Waals surface area contributed by atoms with Gasteiger partial charge in [0.1, 0.15) is 33.9 Å². The number of carbonyl (C=O) groups is 1. The van der Waals surface area contributed by atoms with E-state index in [1.807, 2.05) is 0 Å². The third-order valence-electron chi connectivity index (χ3n) is 5.30. The molecule has 0 saturated carbocycles. The van der Waals surface area contributed by atoms with E-state index in [-0.39, 0.29) is 11.8 Å². The van der Waals surface area contributed by atoms with Crippen LogP contribution >= 0.6 is 11.5 Å². The number of hydrogen-bond acceptors (Lipinski definition) is 6. The average Bonchev–Trinajstić information content (AvgIpc) is 3.24. The molecular weight excluding hydrogens is 434 g/mol. The monoisotopic (exact) mass is 452 g/mol. The summed E-state index contributed by atoms with van der Waals surface area (Å²) in [6, 6.07) is 11.7. The van der Waals surface area contributed by atoms with Gasteiger partial charge in [0, 0.05) is 37.4 Å². The molecule has 0 unspecified atom stereocenters. The highest BCUT2D eigenvalue weighted by Gasteiger charge is 2.25. The second-order valence-corrected chi connectivity index (χ2v) is 8.10. The van der Waals surface area contributed by atoms with E-state index in [2.05, 4.69) is 24.6 Å². The van der Waals surface area contributed by atoms with Crippen LogP contribution in [0.2, 0.25) is 0 Å². The third-order valence-corrected chi connectivity index (χ3v) is 6.13. The van der Waals surface area contributed by atoms with Crippen molar-refractivity contribution in [3.63, 3.8) is 0 Å². The molecule has 1 aliphatic rings. The summed E-state index contributed by atoms with van der Waals surface area (Å²) in [7, 11) is 0. The minimum atomic E-state index is -0.398. The molecule has 0 spiro atoms. The molecule has 3 heterocycles. The smallest absolute Gasteiger partial charge is 0.321 e. The second-order valence-electron chi connectivity index (χ2n) is 7.33. The molecule has 1 saturated heterocycles. The van der Waals surface area contributed by atoms with Gasteiger partial charge in [0.05, 0.1) is 0 Å². The molecule has 10 heteroatoms. The van der Waals surface area contributed by atoms with E-state index in [9.17, 15) is 13.6 Å². The normalized spacial score (nSPS) is 14.1. The summed E-state index contributed by atoms with van der Waals surface area (Å²) < 4.78 is 32.0. The van der Waals surface area contributed by atoms with Crippen LogP contribution in [0.1, 0.15) is 0 Å². The van der Waals surface area contributed by atoms with Gasteiger partial charge in [0.15, 0.2) is 5.82 Å². The number of benzene rings is 2. The molecule has 5 rings (SSSR count). The molecule has 1 aliphatic heterocycles. The van der Waals surface area contributed by atoms with E-state index in [0.29, 0.717) is 37.6 Å². The Labute approximate surface area is 186 Å². The summed E-state index contributed by atoms with van der Waals surface area (Å²) >= 11 is 1.30. The van der Waals surface area contributed by atoms with E-state index in [0.717, 1.165) is 21.6 Å². The Morgan fingerprint density at radius 3 is 2.50 bits per heavy atom. The number of nitrogens with zero attached hydrogens (tertiary/aromatic N) is 5. The van der Waals surface area contributed by atoms with Gasteiger partial charge in [0.25, 0.3) is 0 Å². The van der Waals surface area contributed by atoms with Crippen LogP contribution in [0.25, 0.3) is 21.5 Å². The van der Waals surface area contributed by atoms with Crippen LogP contribution in [-0.4, -0.2) is 51.5 Å². The topological polar surface area (TPSA) is 74.2 Å². The van der Waals surface area contributed by atoms with Crippen molar-refractivity contribution >= 4 is 39.3 Å². The summed E-state index contributed by atoms with van der Waals surface area (Å²) in [4.78, 5) is 25.2. The van der Waals surface area contributed by atoms with Crippen LogP contribution in [0.4, 0.5) is 25.1 Å². The summed E-state index contributed by atoms with van der Waals surface area (Å²) in [6.45, 7) is 2.17. The van der Waals surface area contributed by atoms with Gasteiger partial charge in [-0.25, -0.2) is 23.5 Å². The van der Waals surface area contributed by atoms with Gasteiger partial charge >= 0.3 is 6.03 Å². The number of halogens is 2. The Hall–Kier alpha value is -3.66. The first-order valence-corrected chi connectivity index (χ1v) is 10.8. The van der Waals surface area contributed by atoms with Crippen molar-refractivity contribution in [3.8, 4) is 11.3 Å². The van der Waals surface area contributed by atoms with Crippen molar-refractivity contribution in [3.05, 3.63) is 66.5 Å². The zero-order valence-electron chi connectivity index (χ0n) is 16.8. The highest BCUT2D eigenvalue weighted by molar-refractivity contribution is 7.14. The van der Waals surface area contributed by atoms with Crippen molar-refractivity contribution in [2.45, 2.75) is 0 Å². The van der Waals surface area contributed by atoms with Crippen molar-refractivity contribution in [1.29, 1.82) is 0 Å².